The molecule has 0 spiro atoms. The van der Waals surface area contributed by atoms with Crippen LogP contribution in [0.3, 0.4) is 0 Å². The molecular weight excluding hydrogens is 459 g/mol. The van der Waals surface area contributed by atoms with Crippen LogP contribution in [0.1, 0.15) is 33.6 Å². The number of hydrogen-bond acceptors (Lipinski definition) is 4. The van der Waals surface area contributed by atoms with Crippen molar-refractivity contribution in [1.29, 1.82) is 0 Å². The average molecular weight is 490 g/mol. The predicted octanol–water partition coefficient (Wildman–Crippen LogP) is 3.69. The number of anilines is 1. The van der Waals surface area contributed by atoms with Crippen LogP contribution in [-0.4, -0.2) is 49.3 Å². The van der Waals surface area contributed by atoms with Crippen LogP contribution in [-0.2, 0) is 4.74 Å². The summed E-state index contributed by atoms with van der Waals surface area (Å²) in [6.07, 6.45) is 1.71. The van der Waals surface area contributed by atoms with E-state index in [4.69, 9.17) is 15.2 Å². The molecule has 1 saturated heterocycles. The number of methoxy groups -OCH3 is 1. The molecule has 1 aromatic rings. The van der Waals surface area contributed by atoms with E-state index in [1.54, 1.807) is 12.0 Å². The highest BCUT2D eigenvalue weighted by atomic mass is 127. The smallest absolute Gasteiger partial charge is 0.410 e. The largest absolute Gasteiger partial charge is 0.497 e. The summed E-state index contributed by atoms with van der Waals surface area (Å²) in [5, 5.41) is 3.06. The minimum atomic E-state index is -0.479. The Hall–Kier alpha value is -1.71. The van der Waals surface area contributed by atoms with Gasteiger partial charge < -0.3 is 25.4 Å². The van der Waals surface area contributed by atoms with Gasteiger partial charge in [-0.1, -0.05) is 6.07 Å². The maximum atomic E-state index is 12.2. The summed E-state index contributed by atoms with van der Waals surface area (Å²) in [7, 11) is 1.62. The Bertz CT molecular complexity index is 646. The molecule has 1 aliphatic heterocycles. The number of ether oxygens (including phenoxy) is 2. The first-order chi connectivity index (χ1) is 12.3. The van der Waals surface area contributed by atoms with Crippen LogP contribution in [0, 0.1) is 5.92 Å². The quantitative estimate of drug-likeness (QED) is 0.382. The number of nitrogens with zero attached hydrogens (tertiary/aromatic N) is 2. The standard InChI is InChI=1S/C19H30N4O3.HI/c1-19(2,3)26-18(24)23-10-6-7-14(13-23)12-21-17(20)22-15-8-5-9-16(11-15)25-4;/h5,8-9,11,14H,6-7,10,12-13H2,1-4H3,(H3,20,21,22);1H. The van der Waals surface area contributed by atoms with Gasteiger partial charge in [-0.05, 0) is 51.7 Å². The van der Waals surface area contributed by atoms with Gasteiger partial charge in [-0.15, -0.1) is 24.0 Å². The van der Waals surface area contributed by atoms with Crippen molar-refractivity contribution >= 4 is 41.7 Å². The fraction of sp³-hybridized carbons (Fsp3) is 0.579. The second-order valence-corrected chi connectivity index (χ2v) is 7.52. The molecule has 1 aromatic carbocycles. The number of carbonyl (C=O) groups is 1. The number of hydrogen-bond donors (Lipinski definition) is 2. The Morgan fingerprint density at radius 3 is 2.81 bits per heavy atom. The van der Waals surface area contributed by atoms with Crippen LogP contribution >= 0.6 is 24.0 Å². The predicted molar refractivity (Wildman–Crippen MR) is 119 cm³/mol. The van der Waals surface area contributed by atoms with Crippen molar-refractivity contribution in [2.75, 3.05) is 32.1 Å². The van der Waals surface area contributed by atoms with E-state index >= 15 is 0 Å². The molecule has 1 atom stereocenters. The number of nitrogens with two attached hydrogens (primary N) is 1. The minimum Gasteiger partial charge on any atom is -0.497 e. The van der Waals surface area contributed by atoms with Gasteiger partial charge in [-0.25, -0.2) is 4.79 Å². The molecule has 7 nitrogen and oxygen atoms in total. The first kappa shape index (κ1) is 23.3. The number of amides is 1. The fourth-order valence-electron chi connectivity index (χ4n) is 2.82. The third-order valence-electron chi connectivity index (χ3n) is 4.03. The Labute approximate surface area is 178 Å². The first-order valence-corrected chi connectivity index (χ1v) is 8.96. The molecule has 1 unspecified atom stereocenters. The highest BCUT2D eigenvalue weighted by Crippen LogP contribution is 2.20. The van der Waals surface area contributed by atoms with Gasteiger partial charge in [0.1, 0.15) is 11.4 Å². The topological polar surface area (TPSA) is 89.2 Å². The number of carbonyl (C=O) groups excluding carboxylic acids is 1. The average Bonchev–Trinajstić information content (AvgIpc) is 2.59. The Balaban J connectivity index is 0.00000364. The van der Waals surface area contributed by atoms with Gasteiger partial charge in [0, 0.05) is 31.4 Å². The third kappa shape index (κ3) is 8.23. The number of aliphatic imine (C=N–C) groups is 1. The molecular formula is C19H31IN4O3. The van der Waals surface area contributed by atoms with Crippen molar-refractivity contribution in [3.05, 3.63) is 24.3 Å². The summed E-state index contributed by atoms with van der Waals surface area (Å²) < 4.78 is 10.6. The zero-order valence-corrected chi connectivity index (χ0v) is 18.9. The lowest BCUT2D eigenvalue weighted by atomic mass is 9.98. The highest BCUT2D eigenvalue weighted by Gasteiger charge is 2.27. The molecule has 0 saturated carbocycles. The van der Waals surface area contributed by atoms with Crippen molar-refractivity contribution in [3.8, 4) is 5.75 Å². The first-order valence-electron chi connectivity index (χ1n) is 8.96. The van der Waals surface area contributed by atoms with Crippen LogP contribution in [0.2, 0.25) is 0 Å². The maximum absolute atomic E-state index is 12.2. The molecule has 27 heavy (non-hydrogen) atoms. The van der Waals surface area contributed by atoms with Crippen molar-refractivity contribution < 1.29 is 14.3 Å². The van der Waals surface area contributed by atoms with Crippen molar-refractivity contribution in [2.45, 2.75) is 39.2 Å². The van der Waals surface area contributed by atoms with Gasteiger partial charge >= 0.3 is 6.09 Å². The van der Waals surface area contributed by atoms with E-state index in [0.29, 0.717) is 19.0 Å². The van der Waals surface area contributed by atoms with E-state index < -0.39 is 5.60 Å². The molecule has 8 heteroatoms. The fourth-order valence-corrected chi connectivity index (χ4v) is 2.82. The molecule has 1 heterocycles. The van der Waals surface area contributed by atoms with E-state index in [1.807, 2.05) is 45.0 Å². The van der Waals surface area contributed by atoms with Gasteiger partial charge in [-0.2, -0.15) is 0 Å². The summed E-state index contributed by atoms with van der Waals surface area (Å²) in [4.78, 5) is 18.4. The Morgan fingerprint density at radius 2 is 2.15 bits per heavy atom. The second-order valence-electron chi connectivity index (χ2n) is 7.52. The number of likely N-dealkylation sites (tertiary alicyclic amines) is 1. The van der Waals surface area contributed by atoms with Crippen LogP contribution in [0.4, 0.5) is 10.5 Å². The number of benzene rings is 1. The summed E-state index contributed by atoms with van der Waals surface area (Å²) in [5.41, 5.74) is 6.33. The second kappa shape index (κ2) is 10.6. The monoisotopic (exact) mass is 490 g/mol. The van der Waals surface area contributed by atoms with Crippen LogP contribution in [0.5, 0.6) is 5.75 Å². The molecule has 1 fully saturated rings. The maximum Gasteiger partial charge on any atom is 0.410 e. The zero-order valence-electron chi connectivity index (χ0n) is 16.5. The highest BCUT2D eigenvalue weighted by molar-refractivity contribution is 14.0. The summed E-state index contributed by atoms with van der Waals surface area (Å²) in [5.74, 6) is 1.39. The normalized spacial score (nSPS) is 17.7. The third-order valence-corrected chi connectivity index (χ3v) is 4.03. The lowest BCUT2D eigenvalue weighted by Crippen LogP contribution is -2.43. The summed E-state index contributed by atoms with van der Waals surface area (Å²) >= 11 is 0. The SMILES string of the molecule is COc1cccc(NC(N)=NCC2CCCN(C(=O)OC(C)(C)C)C2)c1.I. The summed E-state index contributed by atoms with van der Waals surface area (Å²) in [6, 6.07) is 7.50. The number of halogens is 1. The molecule has 1 amide bonds. The van der Waals surface area contributed by atoms with Gasteiger partial charge in [0.2, 0.25) is 0 Å². The summed E-state index contributed by atoms with van der Waals surface area (Å²) in [6.45, 7) is 7.57. The molecule has 0 radical (unpaired) electrons. The number of piperidine rings is 1. The van der Waals surface area contributed by atoms with Crippen molar-refractivity contribution in [3.63, 3.8) is 0 Å². The number of rotatable bonds is 4. The van der Waals surface area contributed by atoms with Gasteiger partial charge in [0.25, 0.3) is 0 Å². The Morgan fingerprint density at radius 1 is 1.41 bits per heavy atom. The van der Waals surface area contributed by atoms with Crippen molar-refractivity contribution in [2.24, 2.45) is 16.6 Å². The lowest BCUT2D eigenvalue weighted by molar-refractivity contribution is 0.0171. The molecule has 1 aliphatic rings. The molecule has 152 valence electrons. The van der Waals surface area contributed by atoms with Crippen molar-refractivity contribution in [1.82, 2.24) is 4.90 Å². The van der Waals surface area contributed by atoms with Crippen LogP contribution in [0.25, 0.3) is 0 Å². The lowest BCUT2D eigenvalue weighted by Gasteiger charge is -2.33. The van der Waals surface area contributed by atoms with E-state index in [2.05, 4.69) is 10.3 Å². The molecule has 0 aromatic heterocycles. The minimum absolute atomic E-state index is 0. The number of guanidine groups is 1. The van der Waals surface area contributed by atoms with E-state index in [9.17, 15) is 4.79 Å². The van der Waals surface area contributed by atoms with Gasteiger partial charge in [-0.3, -0.25) is 4.99 Å². The van der Waals surface area contributed by atoms with Crippen LogP contribution < -0.4 is 15.8 Å². The van der Waals surface area contributed by atoms with E-state index in [0.717, 1.165) is 30.8 Å². The van der Waals surface area contributed by atoms with E-state index in [-0.39, 0.29) is 36.0 Å². The molecule has 3 N–H and O–H groups in total. The van der Waals surface area contributed by atoms with Gasteiger partial charge in [0.05, 0.1) is 7.11 Å². The van der Waals surface area contributed by atoms with E-state index in [1.165, 1.54) is 0 Å². The number of nitrogens with one attached hydrogen (secondary N) is 1. The molecule has 0 bridgehead atoms. The zero-order chi connectivity index (χ0) is 19.2. The Kier molecular flexibility index (Phi) is 9.14. The van der Waals surface area contributed by atoms with Crippen LogP contribution in [0.15, 0.2) is 29.3 Å². The molecule has 0 aliphatic carbocycles. The van der Waals surface area contributed by atoms with Gasteiger partial charge in [0.15, 0.2) is 5.96 Å². The molecule has 2 rings (SSSR count).